The van der Waals surface area contributed by atoms with Crippen LogP contribution >= 0.6 is 0 Å². The van der Waals surface area contributed by atoms with Gasteiger partial charge in [0.1, 0.15) is 5.82 Å². The zero-order chi connectivity index (χ0) is 21.6. The van der Waals surface area contributed by atoms with Crippen molar-refractivity contribution in [3.05, 3.63) is 53.7 Å². The molecule has 9 heteroatoms. The number of carbonyl (C=O) groups is 1. The van der Waals surface area contributed by atoms with E-state index >= 15 is 0 Å². The van der Waals surface area contributed by atoms with Gasteiger partial charge in [-0.15, -0.1) is 6.42 Å². The lowest BCUT2D eigenvalue weighted by Gasteiger charge is -2.34. The van der Waals surface area contributed by atoms with Gasteiger partial charge in [-0.05, 0) is 37.4 Å². The summed E-state index contributed by atoms with van der Waals surface area (Å²) in [6, 6.07) is 9.52. The molecule has 2 heterocycles. The number of pyridine rings is 1. The van der Waals surface area contributed by atoms with Crippen LogP contribution in [0.25, 0.3) is 0 Å². The van der Waals surface area contributed by atoms with Gasteiger partial charge >= 0.3 is 0 Å². The summed E-state index contributed by atoms with van der Waals surface area (Å²) in [4.78, 5) is 21.6. The lowest BCUT2D eigenvalue weighted by molar-refractivity contribution is 0.0951. The second-order valence-electron chi connectivity index (χ2n) is 7.01. The van der Waals surface area contributed by atoms with Crippen LogP contribution in [0.3, 0.4) is 0 Å². The minimum Gasteiger partial charge on any atom is -0.354 e. The van der Waals surface area contributed by atoms with E-state index in [1.54, 1.807) is 6.20 Å². The molecule has 1 saturated heterocycles. The van der Waals surface area contributed by atoms with Gasteiger partial charge in [0.25, 0.3) is 5.91 Å². The van der Waals surface area contributed by atoms with E-state index in [1.165, 1.54) is 24.3 Å². The maximum Gasteiger partial charge on any atom is 0.251 e. The quantitative estimate of drug-likeness (QED) is 0.631. The predicted octanol–water partition coefficient (Wildman–Crippen LogP) is 0.675. The summed E-state index contributed by atoms with van der Waals surface area (Å²) in [7, 11) is -1.59. The number of nitrogens with zero attached hydrogens (tertiary/aromatic N) is 3. The number of terminal acetylenes is 1. The number of carbonyl (C=O) groups excluding carboxylic acids is 1. The molecule has 2 N–H and O–H groups in total. The third-order valence-corrected chi connectivity index (χ3v) is 6.32. The molecule has 1 fully saturated rings. The van der Waals surface area contributed by atoms with E-state index in [-0.39, 0.29) is 17.3 Å². The highest BCUT2D eigenvalue weighted by atomic mass is 32.2. The molecule has 0 bridgehead atoms. The van der Waals surface area contributed by atoms with Gasteiger partial charge in [0.15, 0.2) is 0 Å². The Morgan fingerprint density at radius 2 is 1.87 bits per heavy atom. The van der Waals surface area contributed by atoms with Crippen LogP contribution in [0.5, 0.6) is 0 Å². The molecule has 1 amide bonds. The molecule has 0 unspecified atom stereocenters. The minimum atomic E-state index is -3.68. The normalized spacial score (nSPS) is 14.9. The van der Waals surface area contributed by atoms with E-state index in [4.69, 9.17) is 6.42 Å². The molecule has 1 aromatic carbocycles. The summed E-state index contributed by atoms with van der Waals surface area (Å²) in [5.41, 5.74) is 1.31. The van der Waals surface area contributed by atoms with Gasteiger partial charge in [-0.1, -0.05) is 12.0 Å². The van der Waals surface area contributed by atoms with Crippen LogP contribution in [-0.2, 0) is 16.6 Å². The van der Waals surface area contributed by atoms with E-state index in [0.29, 0.717) is 12.1 Å². The molecule has 3 rings (SSSR count). The first-order valence-corrected chi connectivity index (χ1v) is 11.1. The molecule has 30 heavy (non-hydrogen) atoms. The first-order chi connectivity index (χ1) is 14.4. The Hall–Kier alpha value is -2.93. The monoisotopic (exact) mass is 427 g/mol. The minimum absolute atomic E-state index is 0.0545. The average molecular weight is 428 g/mol. The van der Waals surface area contributed by atoms with Gasteiger partial charge < -0.3 is 15.1 Å². The SMILES string of the molecule is C#CCNS(=O)(=O)c1ccc(C(=O)NCc2cccnc2N2CCN(C)CC2)cc1. The van der Waals surface area contributed by atoms with Crippen molar-refractivity contribution < 1.29 is 13.2 Å². The zero-order valence-electron chi connectivity index (χ0n) is 16.8. The molecule has 0 aliphatic carbocycles. The molecule has 1 aliphatic heterocycles. The number of aromatic nitrogens is 1. The van der Waals surface area contributed by atoms with E-state index in [1.807, 2.05) is 12.1 Å². The summed E-state index contributed by atoms with van der Waals surface area (Å²) in [6.07, 6.45) is 6.84. The maximum atomic E-state index is 12.5. The summed E-state index contributed by atoms with van der Waals surface area (Å²) < 4.78 is 26.4. The number of rotatable bonds is 7. The second-order valence-corrected chi connectivity index (χ2v) is 8.78. The van der Waals surface area contributed by atoms with Crippen molar-refractivity contribution in [2.75, 3.05) is 44.7 Å². The van der Waals surface area contributed by atoms with E-state index in [2.05, 4.69) is 37.8 Å². The van der Waals surface area contributed by atoms with Crippen molar-refractivity contribution in [3.63, 3.8) is 0 Å². The van der Waals surface area contributed by atoms with E-state index < -0.39 is 10.0 Å². The Kier molecular flexibility index (Phi) is 7.05. The zero-order valence-corrected chi connectivity index (χ0v) is 17.7. The van der Waals surface area contributed by atoms with Gasteiger partial charge in [0.2, 0.25) is 10.0 Å². The highest BCUT2D eigenvalue weighted by Gasteiger charge is 2.19. The highest BCUT2D eigenvalue weighted by Crippen LogP contribution is 2.19. The Balaban J connectivity index is 1.65. The van der Waals surface area contributed by atoms with Crippen LogP contribution in [0.15, 0.2) is 47.5 Å². The molecule has 1 aromatic heterocycles. The molecule has 158 valence electrons. The standard InChI is InChI=1S/C21H25N5O3S/c1-3-10-24-30(28,29)19-8-6-17(7-9-19)21(27)23-16-18-5-4-11-22-20(18)26-14-12-25(2)13-15-26/h1,4-9,11,24H,10,12-16H2,2H3,(H,23,27). The Morgan fingerprint density at radius 3 is 2.53 bits per heavy atom. The summed E-state index contributed by atoms with van der Waals surface area (Å²) in [6.45, 7) is 3.95. The Morgan fingerprint density at radius 1 is 1.17 bits per heavy atom. The molecule has 0 spiro atoms. The van der Waals surface area contributed by atoms with Gasteiger partial charge in [0, 0.05) is 50.0 Å². The smallest absolute Gasteiger partial charge is 0.251 e. The number of benzene rings is 1. The fourth-order valence-electron chi connectivity index (χ4n) is 3.15. The molecule has 0 atom stereocenters. The number of likely N-dealkylation sites (N-methyl/N-ethyl adjacent to an activating group) is 1. The number of hydrogen-bond acceptors (Lipinski definition) is 6. The van der Waals surface area contributed by atoms with Gasteiger partial charge in [-0.2, -0.15) is 4.72 Å². The first kappa shape index (κ1) is 21.8. The van der Waals surface area contributed by atoms with Crippen molar-refractivity contribution in [2.24, 2.45) is 0 Å². The lowest BCUT2D eigenvalue weighted by Crippen LogP contribution is -2.45. The molecule has 0 radical (unpaired) electrons. The number of amides is 1. The van der Waals surface area contributed by atoms with Crippen LogP contribution in [0.4, 0.5) is 5.82 Å². The second kappa shape index (κ2) is 9.71. The van der Waals surface area contributed by atoms with Crippen LogP contribution < -0.4 is 14.9 Å². The largest absolute Gasteiger partial charge is 0.354 e. The fraction of sp³-hybridized carbons (Fsp3) is 0.333. The number of sulfonamides is 1. The molecule has 1 aliphatic rings. The van der Waals surface area contributed by atoms with Gasteiger partial charge in [-0.25, -0.2) is 13.4 Å². The molecule has 0 saturated carbocycles. The summed E-state index contributed by atoms with van der Waals surface area (Å²) in [5, 5.41) is 2.89. The van der Waals surface area contributed by atoms with Crippen molar-refractivity contribution in [2.45, 2.75) is 11.4 Å². The first-order valence-electron chi connectivity index (χ1n) is 9.59. The number of piperazine rings is 1. The number of nitrogens with one attached hydrogen (secondary N) is 2. The van der Waals surface area contributed by atoms with Crippen LogP contribution in [-0.4, -0.2) is 64.0 Å². The molecule has 8 nitrogen and oxygen atoms in total. The van der Waals surface area contributed by atoms with Gasteiger partial charge in [-0.3, -0.25) is 4.79 Å². The molecule has 2 aromatic rings. The van der Waals surface area contributed by atoms with Crippen LogP contribution in [0.2, 0.25) is 0 Å². The molecular formula is C21H25N5O3S. The lowest BCUT2D eigenvalue weighted by atomic mass is 10.2. The third-order valence-electron chi connectivity index (χ3n) is 4.90. The maximum absolute atomic E-state index is 12.5. The summed E-state index contributed by atoms with van der Waals surface area (Å²) >= 11 is 0. The van der Waals surface area contributed by atoms with Gasteiger partial charge in [0.05, 0.1) is 11.4 Å². The molecular weight excluding hydrogens is 402 g/mol. The topological polar surface area (TPSA) is 94.6 Å². The van der Waals surface area contributed by atoms with E-state index in [0.717, 1.165) is 37.6 Å². The fourth-order valence-corrected chi connectivity index (χ4v) is 4.09. The summed E-state index contributed by atoms with van der Waals surface area (Å²) in [5.74, 6) is 2.81. The average Bonchev–Trinajstić information content (AvgIpc) is 2.77. The third kappa shape index (κ3) is 5.36. The number of anilines is 1. The Labute approximate surface area is 177 Å². The predicted molar refractivity (Wildman–Crippen MR) is 116 cm³/mol. The van der Waals surface area contributed by atoms with Crippen molar-refractivity contribution in [1.29, 1.82) is 0 Å². The highest BCUT2D eigenvalue weighted by molar-refractivity contribution is 7.89. The van der Waals surface area contributed by atoms with Crippen molar-refractivity contribution in [1.82, 2.24) is 19.9 Å². The Bertz CT molecular complexity index is 1020. The van der Waals surface area contributed by atoms with Crippen molar-refractivity contribution in [3.8, 4) is 12.3 Å². The number of hydrogen-bond donors (Lipinski definition) is 2. The van der Waals surface area contributed by atoms with Crippen molar-refractivity contribution >= 4 is 21.7 Å². The van der Waals surface area contributed by atoms with Crippen LogP contribution in [0, 0.1) is 12.3 Å². The van der Waals surface area contributed by atoms with Crippen LogP contribution in [0.1, 0.15) is 15.9 Å². The van der Waals surface area contributed by atoms with E-state index in [9.17, 15) is 13.2 Å².